The number of fused-ring (bicyclic) bond motifs is 1. The number of nitrogens with one attached hydrogen (secondary N) is 3. The Hall–Kier alpha value is -3.74. The second-order valence-electron chi connectivity index (χ2n) is 13.0. The summed E-state index contributed by atoms with van der Waals surface area (Å²) >= 11 is 1.62. The van der Waals surface area contributed by atoms with Gasteiger partial charge in [-0.05, 0) is 89.5 Å². The van der Waals surface area contributed by atoms with Crippen LogP contribution in [0.1, 0.15) is 63.0 Å². The first-order valence-corrected chi connectivity index (χ1v) is 17.5. The number of pyridine rings is 1. The quantitative estimate of drug-likeness (QED) is 0.206. The third-order valence-corrected chi connectivity index (χ3v) is 10.6. The van der Waals surface area contributed by atoms with Gasteiger partial charge in [0.1, 0.15) is 6.10 Å². The summed E-state index contributed by atoms with van der Waals surface area (Å²) in [7, 11) is 2.00. The van der Waals surface area contributed by atoms with Gasteiger partial charge in [0.2, 0.25) is 0 Å². The average molecular weight is 665 g/mol. The van der Waals surface area contributed by atoms with Crippen molar-refractivity contribution in [3.63, 3.8) is 0 Å². The van der Waals surface area contributed by atoms with Gasteiger partial charge in [-0.1, -0.05) is 13.0 Å². The number of aromatic nitrogens is 1. The molecule has 6 rings (SSSR count). The maximum atomic E-state index is 15.2. The number of carbonyl (C=O) groups excluding carboxylic acids is 2. The van der Waals surface area contributed by atoms with Crippen molar-refractivity contribution in [3.8, 4) is 16.3 Å². The van der Waals surface area contributed by atoms with Crippen LogP contribution in [0.5, 0.6) is 5.75 Å². The fraction of sp³-hybridized carbons (Fsp3) is 0.514. The van der Waals surface area contributed by atoms with Crippen LogP contribution in [-0.4, -0.2) is 78.2 Å². The Bertz CT molecular complexity index is 1560. The molecule has 0 bridgehead atoms. The lowest BCUT2D eigenvalue weighted by Crippen LogP contribution is -2.44. The molecule has 3 aliphatic rings. The summed E-state index contributed by atoms with van der Waals surface area (Å²) in [6.45, 7) is 9.56. The summed E-state index contributed by atoms with van der Waals surface area (Å²) < 4.78 is 26.6. The highest BCUT2D eigenvalue weighted by molar-refractivity contribution is 7.16. The summed E-state index contributed by atoms with van der Waals surface area (Å²) in [6.07, 6.45) is 5.60. The van der Waals surface area contributed by atoms with Gasteiger partial charge >= 0.3 is 12.0 Å². The molecule has 0 spiro atoms. The topological polar surface area (TPSA) is 108 Å². The Balaban J connectivity index is 1.07. The van der Waals surface area contributed by atoms with Crippen molar-refractivity contribution in [2.45, 2.75) is 77.2 Å². The Kier molecular flexibility index (Phi) is 10.3. The van der Waals surface area contributed by atoms with Gasteiger partial charge in [0, 0.05) is 48.5 Å². The van der Waals surface area contributed by atoms with E-state index in [4.69, 9.17) is 14.5 Å². The van der Waals surface area contributed by atoms with Gasteiger partial charge in [-0.15, -0.1) is 11.3 Å². The number of urea groups is 1. The summed E-state index contributed by atoms with van der Waals surface area (Å²) in [4.78, 5) is 35.4. The molecule has 4 heterocycles. The predicted octanol–water partition coefficient (Wildman–Crippen LogP) is 6.26. The second kappa shape index (κ2) is 14.6. The molecule has 2 amide bonds. The summed E-state index contributed by atoms with van der Waals surface area (Å²) in [5.74, 6) is -0.445. The SMILES string of the molecule is CCOC(=O)CN(C)C1CCN(Cc2ccc(-c3cc4c(s3)C(Oc3ccc(NC(=O)NC5CC5)cc3F)C(C)C(C)N4)nc2)CC1. The maximum Gasteiger partial charge on any atom is 0.320 e. The number of nitrogens with zero attached hydrogens (tertiary/aromatic N) is 3. The molecule has 10 nitrogen and oxygen atoms in total. The van der Waals surface area contributed by atoms with Crippen LogP contribution >= 0.6 is 11.3 Å². The third-order valence-electron chi connectivity index (χ3n) is 9.37. The number of rotatable bonds is 11. The van der Waals surface area contributed by atoms with Crippen molar-refractivity contribution >= 4 is 34.7 Å². The lowest BCUT2D eigenvalue weighted by molar-refractivity contribution is -0.144. The largest absolute Gasteiger partial charge is 0.481 e. The molecule has 1 aliphatic carbocycles. The number of piperidine rings is 1. The average Bonchev–Trinajstić information content (AvgIpc) is 3.76. The molecule has 3 atom stereocenters. The van der Waals surface area contributed by atoms with E-state index in [1.807, 2.05) is 20.2 Å². The van der Waals surface area contributed by atoms with Gasteiger partial charge in [-0.3, -0.25) is 19.6 Å². The van der Waals surface area contributed by atoms with E-state index in [2.05, 4.69) is 57.8 Å². The van der Waals surface area contributed by atoms with E-state index in [1.165, 1.54) is 6.07 Å². The number of hydrogen-bond donors (Lipinski definition) is 3. The van der Waals surface area contributed by atoms with Crippen molar-refractivity contribution in [1.82, 2.24) is 20.1 Å². The number of likely N-dealkylation sites (N-methyl/N-ethyl adjacent to an activating group) is 1. The van der Waals surface area contributed by atoms with Crippen LogP contribution in [0.3, 0.4) is 0 Å². The van der Waals surface area contributed by atoms with Crippen LogP contribution in [0.4, 0.5) is 20.6 Å². The minimum Gasteiger partial charge on any atom is -0.481 e. The summed E-state index contributed by atoms with van der Waals surface area (Å²) in [6, 6.07) is 11.3. The number of halogens is 1. The van der Waals surface area contributed by atoms with Gasteiger partial charge < -0.3 is 25.4 Å². The monoisotopic (exact) mass is 664 g/mol. The van der Waals surface area contributed by atoms with Crippen LogP contribution in [0, 0.1) is 11.7 Å². The minimum atomic E-state index is -0.517. The zero-order valence-corrected chi connectivity index (χ0v) is 28.4. The molecule has 1 saturated heterocycles. The van der Waals surface area contributed by atoms with E-state index in [0.717, 1.165) is 72.0 Å². The number of esters is 1. The van der Waals surface area contributed by atoms with E-state index >= 15 is 4.39 Å². The minimum absolute atomic E-state index is 0.0833. The smallest absolute Gasteiger partial charge is 0.320 e. The Morgan fingerprint density at radius 3 is 2.60 bits per heavy atom. The first-order valence-electron chi connectivity index (χ1n) is 16.6. The van der Waals surface area contributed by atoms with Crippen molar-refractivity contribution in [1.29, 1.82) is 0 Å². The van der Waals surface area contributed by atoms with Gasteiger partial charge in [-0.2, -0.15) is 0 Å². The van der Waals surface area contributed by atoms with Crippen LogP contribution < -0.4 is 20.7 Å². The molecule has 2 aliphatic heterocycles. The Morgan fingerprint density at radius 2 is 1.91 bits per heavy atom. The lowest BCUT2D eigenvalue weighted by atomic mass is 9.91. The molecule has 47 heavy (non-hydrogen) atoms. The van der Waals surface area contributed by atoms with E-state index in [-0.39, 0.29) is 41.9 Å². The molecule has 3 N–H and O–H groups in total. The number of thiophene rings is 1. The van der Waals surface area contributed by atoms with Crippen molar-refractivity contribution in [3.05, 3.63) is 58.9 Å². The maximum absolute atomic E-state index is 15.2. The third kappa shape index (κ3) is 8.22. The lowest BCUT2D eigenvalue weighted by Gasteiger charge is -2.36. The number of ether oxygens (including phenoxy) is 2. The van der Waals surface area contributed by atoms with Crippen molar-refractivity contribution in [2.75, 3.05) is 43.9 Å². The van der Waals surface area contributed by atoms with Crippen molar-refractivity contribution in [2.24, 2.45) is 5.92 Å². The molecular formula is C35H45FN6O4S. The fourth-order valence-electron chi connectivity index (χ4n) is 6.26. The van der Waals surface area contributed by atoms with Gasteiger partial charge in [0.05, 0.1) is 34.3 Å². The number of hydrogen-bond acceptors (Lipinski definition) is 9. The molecule has 1 saturated carbocycles. The molecule has 12 heteroatoms. The molecular weight excluding hydrogens is 619 g/mol. The number of benzene rings is 1. The highest BCUT2D eigenvalue weighted by Crippen LogP contribution is 2.47. The molecule has 3 aromatic rings. The first kappa shape index (κ1) is 33.2. The van der Waals surface area contributed by atoms with Crippen LogP contribution in [0.2, 0.25) is 0 Å². The molecule has 2 aromatic heterocycles. The van der Waals surface area contributed by atoms with E-state index in [1.54, 1.807) is 23.5 Å². The highest BCUT2D eigenvalue weighted by Gasteiger charge is 2.36. The van der Waals surface area contributed by atoms with Gasteiger partial charge in [0.25, 0.3) is 0 Å². The zero-order valence-electron chi connectivity index (χ0n) is 27.6. The molecule has 3 unspecified atom stereocenters. The summed E-state index contributed by atoms with van der Waals surface area (Å²) in [5.41, 5.74) is 3.42. The number of likely N-dealkylation sites (tertiary alicyclic amines) is 1. The normalized spacial score (nSPS) is 21.5. The zero-order chi connectivity index (χ0) is 33.1. The van der Waals surface area contributed by atoms with Crippen LogP contribution in [0.25, 0.3) is 10.6 Å². The van der Waals surface area contributed by atoms with Gasteiger partial charge in [0.15, 0.2) is 11.6 Å². The van der Waals surface area contributed by atoms with E-state index < -0.39 is 5.82 Å². The molecule has 252 valence electrons. The number of amides is 2. The Morgan fingerprint density at radius 1 is 1.13 bits per heavy atom. The standard InChI is InChI=1S/C35H45FN6O4S/c1-5-45-32(43)20-41(4)26-12-14-42(15-13-26)19-23-6-10-28(37-18-23)31-17-29-34(47-31)33(21(2)22(3)38-29)46-30-11-9-25(16-27(30)36)40-35(44)39-24-7-8-24/h6,9-11,16-18,21-22,24,26,33,38H,5,7-8,12-15,19-20H2,1-4H3,(H2,39,40,44). The Labute approximate surface area is 280 Å². The van der Waals surface area contributed by atoms with Crippen molar-refractivity contribution < 1.29 is 23.5 Å². The number of carbonyl (C=O) groups is 2. The van der Waals surface area contributed by atoms with E-state index in [0.29, 0.717) is 24.9 Å². The van der Waals surface area contributed by atoms with Crippen LogP contribution in [0.15, 0.2) is 42.6 Å². The predicted molar refractivity (Wildman–Crippen MR) is 182 cm³/mol. The highest BCUT2D eigenvalue weighted by atomic mass is 32.1. The molecule has 1 aromatic carbocycles. The second-order valence-corrected chi connectivity index (χ2v) is 14.1. The van der Waals surface area contributed by atoms with Gasteiger partial charge in [-0.25, -0.2) is 9.18 Å². The first-order chi connectivity index (χ1) is 22.7. The van der Waals surface area contributed by atoms with Crippen LogP contribution in [-0.2, 0) is 16.1 Å². The fourth-order valence-corrected chi connectivity index (χ4v) is 7.51. The number of anilines is 2. The van der Waals surface area contributed by atoms with E-state index in [9.17, 15) is 9.59 Å². The molecule has 2 fully saturated rings. The molecule has 0 radical (unpaired) electrons. The summed E-state index contributed by atoms with van der Waals surface area (Å²) in [5, 5.41) is 9.14.